The molecule has 3 rings (SSSR count). The lowest BCUT2D eigenvalue weighted by Crippen LogP contribution is -2.18. The Kier molecular flexibility index (Phi) is 3.50. The van der Waals surface area contributed by atoms with Crippen LogP contribution in [0.1, 0.15) is 30.1 Å². The minimum absolute atomic E-state index is 0.0133. The van der Waals surface area contributed by atoms with Gasteiger partial charge in [-0.25, -0.2) is 8.78 Å². The van der Waals surface area contributed by atoms with Crippen LogP contribution in [0.3, 0.4) is 0 Å². The molecule has 1 heterocycles. The fourth-order valence-electron chi connectivity index (χ4n) is 2.68. The van der Waals surface area contributed by atoms with E-state index in [9.17, 15) is 8.78 Å². The molecule has 0 saturated carbocycles. The average Bonchev–Trinajstić information content (AvgIpc) is 2.79. The zero-order chi connectivity index (χ0) is 14.3. The molecule has 6 heteroatoms. The van der Waals surface area contributed by atoms with Gasteiger partial charge in [-0.1, -0.05) is 0 Å². The zero-order valence-electron chi connectivity index (χ0n) is 11.0. The van der Waals surface area contributed by atoms with Gasteiger partial charge in [0.1, 0.15) is 11.6 Å². The van der Waals surface area contributed by atoms with Crippen LogP contribution < -0.4 is 5.32 Å². The molecule has 0 bridgehead atoms. The van der Waals surface area contributed by atoms with Gasteiger partial charge >= 0.3 is 0 Å². The smallest absolute Gasteiger partial charge is 0.149 e. The molecule has 20 heavy (non-hydrogen) atoms. The molecule has 3 nitrogen and oxygen atoms in total. The molecule has 2 aromatic rings. The quantitative estimate of drug-likeness (QED) is 0.838. The molecule has 0 aliphatic heterocycles. The first-order valence-electron chi connectivity index (χ1n) is 6.48. The number of hydrogen-bond donors (Lipinski definition) is 1. The van der Waals surface area contributed by atoms with Crippen LogP contribution in [-0.4, -0.2) is 9.78 Å². The molecule has 1 atom stereocenters. The normalized spacial score (nSPS) is 17.9. The van der Waals surface area contributed by atoms with Crippen molar-refractivity contribution in [1.29, 1.82) is 0 Å². The lowest BCUT2D eigenvalue weighted by atomic mass is 9.93. The third kappa shape index (κ3) is 2.32. The van der Waals surface area contributed by atoms with E-state index in [-0.39, 0.29) is 10.5 Å². The van der Waals surface area contributed by atoms with Crippen molar-refractivity contribution in [2.75, 3.05) is 5.32 Å². The van der Waals surface area contributed by atoms with E-state index in [0.717, 1.165) is 30.9 Å². The molecule has 0 saturated heterocycles. The summed E-state index contributed by atoms with van der Waals surface area (Å²) in [5.74, 6) is -1.18. The summed E-state index contributed by atoms with van der Waals surface area (Å²) in [5, 5.41) is 7.42. The molecule has 1 aromatic carbocycles. The molecule has 1 unspecified atom stereocenters. The van der Waals surface area contributed by atoms with Gasteiger partial charge in [0.25, 0.3) is 0 Å². The molecule has 1 aliphatic rings. The first-order valence-corrected chi connectivity index (χ1v) is 7.27. The number of nitrogens with one attached hydrogen (secondary N) is 1. The van der Waals surface area contributed by atoms with Crippen LogP contribution in [0.15, 0.2) is 22.8 Å². The summed E-state index contributed by atoms with van der Waals surface area (Å²) >= 11 is 3.08. The van der Waals surface area contributed by atoms with Crippen molar-refractivity contribution in [3.8, 4) is 0 Å². The SMILES string of the molecule is Cn1ncc2c1CCCC2Nc1cc(Br)c(F)cc1F. The number of aromatic nitrogens is 2. The Morgan fingerprint density at radius 3 is 2.95 bits per heavy atom. The predicted molar refractivity (Wildman–Crippen MR) is 76.6 cm³/mol. The Hall–Kier alpha value is -1.43. The molecule has 1 N–H and O–H groups in total. The topological polar surface area (TPSA) is 29.9 Å². The van der Waals surface area contributed by atoms with Crippen LogP contribution in [0.4, 0.5) is 14.5 Å². The summed E-state index contributed by atoms with van der Waals surface area (Å²) in [6.45, 7) is 0. The van der Waals surface area contributed by atoms with Gasteiger partial charge in [-0.15, -0.1) is 0 Å². The molecule has 0 radical (unpaired) electrons. The summed E-state index contributed by atoms with van der Waals surface area (Å²) in [4.78, 5) is 0. The van der Waals surface area contributed by atoms with Crippen molar-refractivity contribution < 1.29 is 8.78 Å². The number of hydrogen-bond acceptors (Lipinski definition) is 2. The number of nitrogens with zero attached hydrogens (tertiary/aromatic N) is 2. The van der Waals surface area contributed by atoms with Crippen LogP contribution >= 0.6 is 15.9 Å². The molecule has 1 aliphatic carbocycles. The monoisotopic (exact) mass is 341 g/mol. The van der Waals surface area contributed by atoms with Gasteiger partial charge in [0.2, 0.25) is 0 Å². The Labute approximate surface area is 124 Å². The lowest BCUT2D eigenvalue weighted by molar-refractivity contribution is 0.557. The summed E-state index contributed by atoms with van der Waals surface area (Å²) < 4.78 is 29.2. The second-order valence-electron chi connectivity index (χ2n) is 5.01. The highest BCUT2D eigenvalue weighted by atomic mass is 79.9. The van der Waals surface area contributed by atoms with E-state index in [0.29, 0.717) is 5.69 Å². The van der Waals surface area contributed by atoms with Gasteiger partial charge in [0.05, 0.1) is 22.4 Å². The van der Waals surface area contributed by atoms with Crippen LogP contribution in [-0.2, 0) is 13.5 Å². The van der Waals surface area contributed by atoms with E-state index in [1.165, 1.54) is 11.8 Å². The Balaban J connectivity index is 1.91. The standard InChI is InChI=1S/C14H14BrF2N3/c1-20-14-4-2-3-12(8(14)7-18-20)19-13-5-9(15)10(16)6-11(13)17/h5-7,12,19H,2-4H2,1H3. The summed E-state index contributed by atoms with van der Waals surface area (Å²) in [5.41, 5.74) is 2.58. The highest BCUT2D eigenvalue weighted by molar-refractivity contribution is 9.10. The third-order valence-electron chi connectivity index (χ3n) is 3.72. The van der Waals surface area contributed by atoms with Crippen LogP contribution in [0.2, 0.25) is 0 Å². The molecule has 1 aromatic heterocycles. The highest BCUT2D eigenvalue weighted by Crippen LogP contribution is 2.34. The maximum absolute atomic E-state index is 13.8. The number of aryl methyl sites for hydroxylation is 1. The van der Waals surface area contributed by atoms with Crippen LogP contribution in [0.25, 0.3) is 0 Å². The first-order chi connectivity index (χ1) is 9.56. The van der Waals surface area contributed by atoms with Crippen LogP contribution in [0, 0.1) is 11.6 Å². The van der Waals surface area contributed by atoms with Crippen LogP contribution in [0.5, 0.6) is 0 Å². The molecular formula is C14H14BrF2N3. The van der Waals surface area contributed by atoms with E-state index in [1.54, 1.807) is 0 Å². The van der Waals surface area contributed by atoms with E-state index in [1.807, 2.05) is 17.9 Å². The molecule has 0 amide bonds. The van der Waals surface area contributed by atoms with Gasteiger partial charge in [0.15, 0.2) is 0 Å². The summed E-state index contributed by atoms with van der Waals surface area (Å²) in [6, 6.07) is 2.34. The van der Waals surface area contributed by atoms with Crippen molar-refractivity contribution in [3.63, 3.8) is 0 Å². The minimum Gasteiger partial charge on any atom is -0.376 e. The van der Waals surface area contributed by atoms with Gasteiger partial charge < -0.3 is 5.32 Å². The second kappa shape index (κ2) is 5.16. The maximum Gasteiger partial charge on any atom is 0.149 e. The largest absolute Gasteiger partial charge is 0.376 e. The van der Waals surface area contributed by atoms with Gasteiger partial charge in [-0.2, -0.15) is 5.10 Å². The lowest BCUT2D eigenvalue weighted by Gasteiger charge is -2.25. The van der Waals surface area contributed by atoms with E-state index in [2.05, 4.69) is 26.3 Å². The Bertz CT molecular complexity index is 654. The van der Waals surface area contributed by atoms with E-state index in [4.69, 9.17) is 0 Å². The summed E-state index contributed by atoms with van der Waals surface area (Å²) in [7, 11) is 1.91. The maximum atomic E-state index is 13.8. The zero-order valence-corrected chi connectivity index (χ0v) is 12.5. The van der Waals surface area contributed by atoms with E-state index >= 15 is 0 Å². The number of fused-ring (bicyclic) bond motifs is 1. The van der Waals surface area contributed by atoms with Crippen molar-refractivity contribution in [2.24, 2.45) is 7.05 Å². The molecule has 106 valence electrons. The van der Waals surface area contributed by atoms with Crippen molar-refractivity contribution in [2.45, 2.75) is 25.3 Å². The second-order valence-corrected chi connectivity index (χ2v) is 5.86. The van der Waals surface area contributed by atoms with Gasteiger partial charge in [-0.05, 0) is 41.3 Å². The average molecular weight is 342 g/mol. The fraction of sp³-hybridized carbons (Fsp3) is 0.357. The first kappa shape index (κ1) is 13.5. The number of rotatable bonds is 2. The molecule has 0 spiro atoms. The Morgan fingerprint density at radius 2 is 2.15 bits per heavy atom. The van der Waals surface area contributed by atoms with Gasteiger partial charge in [-0.3, -0.25) is 4.68 Å². The third-order valence-corrected chi connectivity index (χ3v) is 4.32. The predicted octanol–water partition coefficient (Wildman–Crippen LogP) is 3.95. The minimum atomic E-state index is -0.598. The number of benzene rings is 1. The van der Waals surface area contributed by atoms with Gasteiger partial charge in [0, 0.05) is 24.4 Å². The van der Waals surface area contributed by atoms with E-state index < -0.39 is 11.6 Å². The highest BCUT2D eigenvalue weighted by Gasteiger charge is 2.24. The molecular weight excluding hydrogens is 328 g/mol. The van der Waals surface area contributed by atoms with Crippen molar-refractivity contribution >= 4 is 21.6 Å². The van der Waals surface area contributed by atoms with Crippen molar-refractivity contribution in [1.82, 2.24) is 9.78 Å². The number of halogens is 3. The summed E-state index contributed by atoms with van der Waals surface area (Å²) in [6.07, 6.45) is 4.74. The number of anilines is 1. The Morgan fingerprint density at radius 1 is 1.35 bits per heavy atom. The fourth-order valence-corrected chi connectivity index (χ4v) is 3.02. The van der Waals surface area contributed by atoms with Crippen molar-refractivity contribution in [3.05, 3.63) is 45.7 Å². The molecule has 0 fully saturated rings.